The fourth-order valence-corrected chi connectivity index (χ4v) is 1.14. The number of alkyl halides is 1. The molecule has 0 aromatic rings. The molecule has 1 rings (SSSR count). The fourth-order valence-electron chi connectivity index (χ4n) is 0.952. The van der Waals surface area contributed by atoms with Gasteiger partial charge in [0.25, 0.3) is 5.91 Å². The number of nitrogens with zero attached hydrogens (tertiary/aromatic N) is 1. The predicted octanol–water partition coefficient (Wildman–Crippen LogP) is -0.415. The molecule has 0 spiro atoms. The number of halogens is 1. The summed E-state index contributed by atoms with van der Waals surface area (Å²) < 4.78 is 4.91. The summed E-state index contributed by atoms with van der Waals surface area (Å²) in [6, 6.07) is 0. The second kappa shape index (κ2) is 3.38. The van der Waals surface area contributed by atoms with Gasteiger partial charge in [-0.25, -0.2) is 0 Å². The van der Waals surface area contributed by atoms with Crippen LogP contribution >= 0.6 is 11.6 Å². The monoisotopic (exact) mass is 178 g/mol. The molecule has 0 aromatic carbocycles. The van der Waals surface area contributed by atoms with Gasteiger partial charge >= 0.3 is 0 Å². The lowest BCUT2D eigenvalue weighted by Crippen LogP contribution is -2.57. The molecule has 1 aliphatic rings. The molecule has 0 aliphatic carbocycles. The zero-order chi connectivity index (χ0) is 8.43. The molecule has 4 nitrogen and oxygen atoms in total. The molecule has 1 N–H and O–H groups in total. The molecule has 1 saturated heterocycles. The van der Waals surface area contributed by atoms with Crippen LogP contribution in [0, 0.1) is 0 Å². The largest absolute Gasteiger partial charge is 0.370 e. The molecule has 64 valence electrons. The van der Waals surface area contributed by atoms with Crippen LogP contribution in [-0.4, -0.2) is 43.2 Å². The lowest BCUT2D eigenvalue weighted by Gasteiger charge is -2.33. The topological polar surface area (TPSA) is 41.6 Å². The number of hydrogen-bond donors (Lipinski definition) is 1. The van der Waals surface area contributed by atoms with E-state index < -0.39 is 11.7 Å². The number of carbonyl (C=O) groups is 1. The Morgan fingerprint density at radius 1 is 1.82 bits per heavy atom. The second-order valence-corrected chi connectivity index (χ2v) is 2.83. The summed E-state index contributed by atoms with van der Waals surface area (Å²) in [6.45, 7) is 0.480. The van der Waals surface area contributed by atoms with Crippen LogP contribution in [0.4, 0.5) is 0 Å². The van der Waals surface area contributed by atoms with Gasteiger partial charge in [-0.2, -0.15) is 0 Å². The average Bonchev–Trinajstić information content (AvgIpc) is 2.01. The molecule has 0 saturated carbocycles. The van der Waals surface area contributed by atoms with Crippen LogP contribution in [0.2, 0.25) is 0 Å². The zero-order valence-corrected chi connectivity index (χ0v) is 7.26. The Balaban J connectivity index is 2.59. The second-order valence-electron chi connectivity index (χ2n) is 2.42. The van der Waals surface area contributed by atoms with E-state index in [2.05, 4.69) is 5.32 Å². The van der Waals surface area contributed by atoms with Crippen LogP contribution in [-0.2, 0) is 9.53 Å². The van der Waals surface area contributed by atoms with Gasteiger partial charge in [0.1, 0.15) is 6.10 Å². The first-order valence-corrected chi connectivity index (χ1v) is 3.77. The van der Waals surface area contributed by atoms with Crippen molar-refractivity contribution >= 4 is 17.5 Å². The van der Waals surface area contributed by atoms with Crippen molar-refractivity contribution in [2.24, 2.45) is 0 Å². The third-order valence-corrected chi connectivity index (χ3v) is 2.17. The van der Waals surface area contributed by atoms with Crippen molar-refractivity contribution < 1.29 is 9.53 Å². The Kier molecular flexibility index (Phi) is 2.70. The molecule has 1 amide bonds. The first-order valence-electron chi connectivity index (χ1n) is 3.33. The van der Waals surface area contributed by atoms with Gasteiger partial charge in [0.05, 0.1) is 0 Å². The van der Waals surface area contributed by atoms with E-state index in [9.17, 15) is 4.79 Å². The van der Waals surface area contributed by atoms with E-state index in [-0.39, 0.29) is 5.91 Å². The van der Waals surface area contributed by atoms with Gasteiger partial charge in [0.2, 0.25) is 0 Å². The molecule has 0 unspecified atom stereocenters. The summed E-state index contributed by atoms with van der Waals surface area (Å²) in [7, 11) is 3.14. The molecule has 1 aliphatic heterocycles. The molecule has 11 heavy (non-hydrogen) atoms. The van der Waals surface area contributed by atoms with E-state index in [4.69, 9.17) is 16.3 Å². The van der Waals surface area contributed by atoms with Crippen LogP contribution < -0.4 is 5.32 Å². The Hall–Kier alpha value is -0.320. The predicted molar refractivity (Wildman–Crippen MR) is 41.2 cm³/mol. The number of methoxy groups -OCH3 is 1. The number of amides is 1. The fraction of sp³-hybridized carbons (Fsp3) is 0.833. The van der Waals surface area contributed by atoms with Gasteiger partial charge in [-0.05, 0) is 0 Å². The van der Waals surface area contributed by atoms with Crippen molar-refractivity contribution in [1.29, 1.82) is 0 Å². The highest BCUT2D eigenvalue weighted by Gasteiger charge is 2.30. The lowest BCUT2D eigenvalue weighted by molar-refractivity contribution is -0.145. The van der Waals surface area contributed by atoms with E-state index >= 15 is 0 Å². The summed E-state index contributed by atoms with van der Waals surface area (Å²) in [4.78, 5) is 12.7. The molecule has 0 bridgehead atoms. The minimum atomic E-state index is -0.408. The van der Waals surface area contributed by atoms with E-state index in [0.717, 1.165) is 0 Å². The van der Waals surface area contributed by atoms with Crippen LogP contribution in [0.5, 0.6) is 0 Å². The maximum Gasteiger partial charge on any atom is 0.254 e. The van der Waals surface area contributed by atoms with Crippen molar-refractivity contribution in [2.45, 2.75) is 11.7 Å². The standard InChI is InChI=1S/C6H11ClN2O2/c1-9-5(10)4(11-2)3-8-6(9)7/h4,6,8H,3H2,1-2H3/t4-,6-/m0/s1. The van der Waals surface area contributed by atoms with Crippen LogP contribution in [0.3, 0.4) is 0 Å². The lowest BCUT2D eigenvalue weighted by atomic mass is 10.3. The van der Waals surface area contributed by atoms with Crippen LogP contribution in [0.15, 0.2) is 0 Å². The molecular weight excluding hydrogens is 168 g/mol. The maximum atomic E-state index is 11.2. The summed E-state index contributed by atoms with van der Waals surface area (Å²) in [5.41, 5.74) is -0.408. The maximum absolute atomic E-state index is 11.2. The van der Waals surface area contributed by atoms with Crippen molar-refractivity contribution in [3.63, 3.8) is 0 Å². The smallest absolute Gasteiger partial charge is 0.254 e. The number of hydrogen-bond acceptors (Lipinski definition) is 3. The highest BCUT2D eigenvalue weighted by molar-refractivity contribution is 6.21. The first kappa shape index (κ1) is 8.77. The molecule has 2 atom stereocenters. The Bertz CT molecular complexity index is 161. The Labute approximate surface area is 70.4 Å². The van der Waals surface area contributed by atoms with Gasteiger partial charge in [-0.15, -0.1) is 0 Å². The number of rotatable bonds is 1. The molecular formula is C6H11ClN2O2. The molecule has 0 aromatic heterocycles. The van der Waals surface area contributed by atoms with Gasteiger partial charge in [0.15, 0.2) is 5.62 Å². The summed E-state index contributed by atoms with van der Waals surface area (Å²) in [6.07, 6.45) is -0.394. The molecule has 0 radical (unpaired) electrons. The minimum absolute atomic E-state index is 0.0775. The van der Waals surface area contributed by atoms with Crippen LogP contribution in [0.1, 0.15) is 0 Å². The highest BCUT2D eigenvalue weighted by atomic mass is 35.5. The number of likely N-dealkylation sites (N-methyl/N-ethyl adjacent to an activating group) is 1. The van der Waals surface area contributed by atoms with E-state index in [1.54, 1.807) is 7.05 Å². The zero-order valence-electron chi connectivity index (χ0n) is 6.50. The van der Waals surface area contributed by atoms with E-state index in [1.807, 2.05) is 0 Å². The van der Waals surface area contributed by atoms with Gasteiger partial charge in [0, 0.05) is 20.7 Å². The first-order chi connectivity index (χ1) is 5.16. The molecule has 1 heterocycles. The SMILES string of the molecule is CO[C@H]1CN[C@H](Cl)N(C)C1=O. The van der Waals surface area contributed by atoms with Crippen molar-refractivity contribution in [1.82, 2.24) is 10.2 Å². The minimum Gasteiger partial charge on any atom is -0.370 e. The van der Waals surface area contributed by atoms with Gasteiger partial charge in [-0.1, -0.05) is 11.6 Å². The van der Waals surface area contributed by atoms with Crippen molar-refractivity contribution in [2.75, 3.05) is 20.7 Å². The molecule has 1 fully saturated rings. The van der Waals surface area contributed by atoms with Crippen molar-refractivity contribution in [3.8, 4) is 0 Å². The van der Waals surface area contributed by atoms with Gasteiger partial charge < -0.3 is 9.64 Å². The number of ether oxygens (including phenoxy) is 1. The third kappa shape index (κ3) is 1.64. The average molecular weight is 179 g/mol. The Morgan fingerprint density at radius 2 is 2.45 bits per heavy atom. The Morgan fingerprint density at radius 3 is 3.00 bits per heavy atom. The molecule has 5 heteroatoms. The number of carbonyl (C=O) groups excluding carboxylic acids is 1. The van der Waals surface area contributed by atoms with E-state index in [1.165, 1.54) is 12.0 Å². The quantitative estimate of drug-likeness (QED) is 0.438. The summed E-state index contributed by atoms with van der Waals surface area (Å²) in [5.74, 6) is -0.0775. The third-order valence-electron chi connectivity index (χ3n) is 1.72. The summed E-state index contributed by atoms with van der Waals surface area (Å²) in [5, 5.41) is 2.91. The van der Waals surface area contributed by atoms with Gasteiger partial charge in [-0.3, -0.25) is 10.1 Å². The van der Waals surface area contributed by atoms with Crippen molar-refractivity contribution in [3.05, 3.63) is 0 Å². The highest BCUT2D eigenvalue weighted by Crippen LogP contribution is 2.08. The normalized spacial score (nSPS) is 32.6. The van der Waals surface area contributed by atoms with E-state index in [0.29, 0.717) is 6.54 Å². The summed E-state index contributed by atoms with van der Waals surface area (Å²) >= 11 is 5.72. The van der Waals surface area contributed by atoms with Crippen LogP contribution in [0.25, 0.3) is 0 Å². The number of nitrogens with one attached hydrogen (secondary N) is 1.